The fourth-order valence-corrected chi connectivity index (χ4v) is 4.20. The molecule has 0 spiro atoms. The van der Waals surface area contributed by atoms with Crippen LogP contribution in [0.15, 0.2) is 11.2 Å². The number of imidazole rings is 1. The van der Waals surface area contributed by atoms with Gasteiger partial charge in [-0.25, -0.2) is 13.4 Å². The summed E-state index contributed by atoms with van der Waals surface area (Å²) < 4.78 is 34.3. The molecule has 8 heteroatoms. The minimum absolute atomic E-state index is 0.107. The lowest BCUT2D eigenvalue weighted by molar-refractivity contribution is -0.0423. The van der Waals surface area contributed by atoms with Crippen LogP contribution in [0.4, 0.5) is 0 Å². The maximum Gasteiger partial charge on any atom is 0.262 e. The summed E-state index contributed by atoms with van der Waals surface area (Å²) in [6.07, 6.45) is 2.10. The van der Waals surface area contributed by atoms with Gasteiger partial charge >= 0.3 is 0 Å². The third-order valence-corrected chi connectivity index (χ3v) is 5.53. The molecule has 0 N–H and O–H groups in total. The van der Waals surface area contributed by atoms with Gasteiger partial charge in [-0.05, 0) is 20.3 Å². The van der Waals surface area contributed by atoms with E-state index in [2.05, 4.69) is 4.98 Å². The van der Waals surface area contributed by atoms with Gasteiger partial charge in [0.25, 0.3) is 10.0 Å². The van der Waals surface area contributed by atoms with Crippen molar-refractivity contribution in [2.24, 2.45) is 0 Å². The normalized spacial score (nSPS) is 24.4. The second kappa shape index (κ2) is 6.64. The van der Waals surface area contributed by atoms with Gasteiger partial charge in [0.05, 0.1) is 12.2 Å². The molecule has 0 amide bonds. The molecule has 1 fully saturated rings. The van der Waals surface area contributed by atoms with Crippen molar-refractivity contribution in [1.82, 2.24) is 13.9 Å². The monoisotopic (exact) mass is 335 g/mol. The van der Waals surface area contributed by atoms with Gasteiger partial charge in [0.1, 0.15) is 5.82 Å². The Labute approximate surface area is 131 Å². The Hall–Kier alpha value is -0.630. The second-order valence-electron chi connectivity index (χ2n) is 5.36. The van der Waals surface area contributed by atoms with Crippen LogP contribution in [0.25, 0.3) is 0 Å². The molecule has 1 aromatic rings. The maximum absolute atomic E-state index is 12.7. The third kappa shape index (κ3) is 3.59. The molecule has 1 saturated heterocycles. The van der Waals surface area contributed by atoms with E-state index in [-0.39, 0.29) is 29.7 Å². The number of nitrogens with zero attached hydrogens (tertiary/aromatic N) is 3. The van der Waals surface area contributed by atoms with E-state index in [9.17, 15) is 8.42 Å². The molecule has 21 heavy (non-hydrogen) atoms. The summed E-state index contributed by atoms with van der Waals surface area (Å²) >= 11 is 5.81. The highest BCUT2D eigenvalue weighted by Crippen LogP contribution is 2.21. The van der Waals surface area contributed by atoms with Gasteiger partial charge in [-0.15, -0.1) is 11.6 Å². The van der Waals surface area contributed by atoms with Crippen molar-refractivity contribution < 1.29 is 13.2 Å². The molecule has 1 aliphatic rings. The minimum Gasteiger partial charge on any atom is -0.371 e. The Morgan fingerprint density at radius 2 is 2.19 bits per heavy atom. The van der Waals surface area contributed by atoms with E-state index in [1.165, 1.54) is 4.31 Å². The number of morpholine rings is 1. The van der Waals surface area contributed by atoms with Gasteiger partial charge in [-0.2, -0.15) is 4.31 Å². The standard InChI is InChI=1S/C13H22ClN3O3S/c1-4-5-16-9-13(15-11(16)3)21(18,19)17-7-10(2)20-12(6-14)8-17/h9-10,12H,4-8H2,1-3H3. The number of aryl methyl sites for hydroxylation is 2. The predicted molar refractivity (Wildman–Crippen MR) is 81.1 cm³/mol. The number of hydrogen-bond donors (Lipinski definition) is 0. The van der Waals surface area contributed by atoms with Crippen LogP contribution < -0.4 is 0 Å². The minimum atomic E-state index is -3.60. The van der Waals surface area contributed by atoms with Crippen LogP contribution in [0.3, 0.4) is 0 Å². The van der Waals surface area contributed by atoms with Gasteiger partial charge in [0, 0.05) is 31.7 Å². The van der Waals surface area contributed by atoms with Crippen LogP contribution in [-0.4, -0.2) is 53.5 Å². The predicted octanol–water partition coefficient (Wildman–Crippen LogP) is 1.62. The molecule has 0 saturated carbocycles. The average Bonchev–Trinajstić information content (AvgIpc) is 2.80. The van der Waals surface area contributed by atoms with Crippen molar-refractivity contribution in [3.05, 3.63) is 12.0 Å². The quantitative estimate of drug-likeness (QED) is 0.767. The SMILES string of the molecule is CCCn1cc(S(=O)(=O)N2CC(C)OC(CCl)C2)nc1C. The van der Waals surface area contributed by atoms with Crippen molar-refractivity contribution in [3.8, 4) is 0 Å². The van der Waals surface area contributed by atoms with Crippen LogP contribution in [0.5, 0.6) is 0 Å². The number of aromatic nitrogens is 2. The summed E-state index contributed by atoms with van der Waals surface area (Å²) in [4.78, 5) is 4.21. The topological polar surface area (TPSA) is 64.4 Å². The molecule has 0 radical (unpaired) electrons. The fraction of sp³-hybridized carbons (Fsp3) is 0.769. The molecule has 0 bridgehead atoms. The van der Waals surface area contributed by atoms with E-state index < -0.39 is 10.0 Å². The number of alkyl halides is 1. The van der Waals surface area contributed by atoms with Gasteiger partial charge in [-0.3, -0.25) is 0 Å². The van der Waals surface area contributed by atoms with Crippen molar-refractivity contribution in [3.63, 3.8) is 0 Å². The molecular weight excluding hydrogens is 314 g/mol. The van der Waals surface area contributed by atoms with Gasteiger partial charge < -0.3 is 9.30 Å². The lowest BCUT2D eigenvalue weighted by Crippen LogP contribution is -2.49. The first-order valence-corrected chi connectivity index (χ1v) is 9.11. The highest BCUT2D eigenvalue weighted by molar-refractivity contribution is 7.89. The Morgan fingerprint density at radius 3 is 2.81 bits per heavy atom. The molecular formula is C13H22ClN3O3S. The first-order chi connectivity index (χ1) is 9.88. The van der Waals surface area contributed by atoms with Crippen LogP contribution in [0.1, 0.15) is 26.1 Å². The highest BCUT2D eigenvalue weighted by Gasteiger charge is 2.35. The summed E-state index contributed by atoms with van der Waals surface area (Å²) in [5.74, 6) is 0.991. The Kier molecular flexibility index (Phi) is 5.29. The summed E-state index contributed by atoms with van der Waals surface area (Å²) in [6, 6.07) is 0. The number of ether oxygens (including phenoxy) is 1. The van der Waals surface area contributed by atoms with Gasteiger partial charge in [-0.1, -0.05) is 6.92 Å². The van der Waals surface area contributed by atoms with Gasteiger partial charge in [0.2, 0.25) is 0 Å². The van der Waals surface area contributed by atoms with Crippen LogP contribution in [-0.2, 0) is 21.3 Å². The zero-order valence-electron chi connectivity index (χ0n) is 12.6. The molecule has 2 atom stereocenters. The first kappa shape index (κ1) is 16.7. The smallest absolute Gasteiger partial charge is 0.262 e. The average molecular weight is 336 g/mol. The molecule has 120 valence electrons. The zero-order valence-corrected chi connectivity index (χ0v) is 14.2. The molecule has 6 nitrogen and oxygen atoms in total. The summed E-state index contributed by atoms with van der Waals surface area (Å²) in [5, 5.41) is 0.107. The zero-order chi connectivity index (χ0) is 15.6. The lowest BCUT2D eigenvalue weighted by atomic mass is 10.3. The number of sulfonamides is 1. The van der Waals surface area contributed by atoms with Crippen LogP contribution >= 0.6 is 11.6 Å². The second-order valence-corrected chi connectivity index (χ2v) is 7.56. The Balaban J connectivity index is 2.26. The van der Waals surface area contributed by atoms with Gasteiger partial charge in [0.15, 0.2) is 5.03 Å². The van der Waals surface area contributed by atoms with E-state index in [0.29, 0.717) is 12.4 Å². The largest absolute Gasteiger partial charge is 0.371 e. The molecule has 2 rings (SSSR count). The summed E-state index contributed by atoms with van der Waals surface area (Å²) in [6.45, 7) is 7.08. The van der Waals surface area contributed by atoms with Crippen LogP contribution in [0, 0.1) is 6.92 Å². The van der Waals surface area contributed by atoms with Crippen molar-refractivity contribution in [2.45, 2.75) is 51.0 Å². The molecule has 2 unspecified atom stereocenters. The molecule has 0 aliphatic carbocycles. The summed E-state index contributed by atoms with van der Waals surface area (Å²) in [5.41, 5.74) is 0. The molecule has 2 heterocycles. The molecule has 1 aliphatic heterocycles. The van der Waals surface area contributed by atoms with E-state index >= 15 is 0 Å². The maximum atomic E-state index is 12.7. The first-order valence-electron chi connectivity index (χ1n) is 7.13. The van der Waals surface area contributed by atoms with Crippen molar-refractivity contribution in [2.75, 3.05) is 19.0 Å². The number of rotatable bonds is 5. The lowest BCUT2D eigenvalue weighted by Gasteiger charge is -2.34. The van der Waals surface area contributed by atoms with Crippen molar-refractivity contribution >= 4 is 21.6 Å². The van der Waals surface area contributed by atoms with E-state index in [1.54, 1.807) is 6.20 Å². The summed E-state index contributed by atoms with van der Waals surface area (Å²) in [7, 11) is -3.60. The number of halogens is 1. The molecule has 0 aromatic carbocycles. The third-order valence-electron chi connectivity index (χ3n) is 3.49. The van der Waals surface area contributed by atoms with E-state index in [1.807, 2.05) is 25.3 Å². The Morgan fingerprint density at radius 1 is 1.48 bits per heavy atom. The number of hydrogen-bond acceptors (Lipinski definition) is 4. The molecule has 1 aromatic heterocycles. The fourth-order valence-electron chi connectivity index (χ4n) is 2.49. The highest BCUT2D eigenvalue weighted by atomic mass is 35.5. The van der Waals surface area contributed by atoms with E-state index in [0.717, 1.165) is 13.0 Å². The van der Waals surface area contributed by atoms with Crippen LogP contribution in [0.2, 0.25) is 0 Å². The van der Waals surface area contributed by atoms with Crippen molar-refractivity contribution in [1.29, 1.82) is 0 Å². The Bertz CT molecular complexity index is 587. The van der Waals surface area contributed by atoms with E-state index in [4.69, 9.17) is 16.3 Å².